The van der Waals surface area contributed by atoms with E-state index in [9.17, 15) is 0 Å². The van der Waals surface area contributed by atoms with E-state index in [1.165, 1.54) is 12.8 Å². The van der Waals surface area contributed by atoms with Crippen LogP contribution in [0.1, 0.15) is 12.8 Å². The Morgan fingerprint density at radius 3 is 2.92 bits per heavy atom. The lowest BCUT2D eigenvalue weighted by Gasteiger charge is -2.21. The molecule has 2 heterocycles. The number of ether oxygens (including phenoxy) is 1. The Balaban J connectivity index is 1.89. The van der Waals surface area contributed by atoms with Crippen molar-refractivity contribution in [1.82, 2.24) is 9.55 Å². The summed E-state index contributed by atoms with van der Waals surface area (Å²) in [5.41, 5.74) is 0. The van der Waals surface area contributed by atoms with E-state index < -0.39 is 0 Å². The predicted octanol–water partition coefficient (Wildman–Crippen LogP) is 2.07. The average Bonchev–Trinajstić information content (AvgIpc) is 2.53. The van der Waals surface area contributed by atoms with Crippen LogP contribution in [-0.4, -0.2) is 22.8 Å². The minimum atomic E-state index is 0.759. The Labute approximate surface area is 86.2 Å². The molecule has 0 amide bonds. The Kier molecular flexibility index (Phi) is 3.01. The largest absolute Gasteiger partial charge is 0.381 e. The van der Waals surface area contributed by atoms with Crippen molar-refractivity contribution in [2.24, 2.45) is 5.92 Å². The zero-order valence-electron chi connectivity index (χ0n) is 7.45. The van der Waals surface area contributed by atoms with E-state index in [0.29, 0.717) is 0 Å². The predicted molar refractivity (Wildman–Crippen MR) is 53.5 cm³/mol. The van der Waals surface area contributed by atoms with Crippen LogP contribution in [0.25, 0.3) is 0 Å². The molecule has 1 aromatic heterocycles. The third-order valence-corrected chi connectivity index (χ3v) is 2.82. The lowest BCUT2D eigenvalue weighted by molar-refractivity contribution is 0.0612. The van der Waals surface area contributed by atoms with E-state index in [2.05, 4.69) is 25.5 Å². The van der Waals surface area contributed by atoms with Gasteiger partial charge in [0.05, 0.1) is 6.33 Å². The molecule has 0 N–H and O–H groups in total. The highest BCUT2D eigenvalue weighted by Gasteiger charge is 2.13. The van der Waals surface area contributed by atoms with E-state index in [0.717, 1.165) is 30.3 Å². The molecule has 0 saturated carbocycles. The van der Waals surface area contributed by atoms with Gasteiger partial charge in [0.25, 0.3) is 0 Å². The number of aromatic nitrogens is 2. The summed E-state index contributed by atoms with van der Waals surface area (Å²) in [5, 5.41) is 0. The highest BCUT2D eigenvalue weighted by Crippen LogP contribution is 2.17. The molecule has 1 aliphatic heterocycles. The van der Waals surface area contributed by atoms with Gasteiger partial charge in [0.2, 0.25) is 0 Å². The molecule has 2 rings (SSSR count). The normalized spacial score (nSPS) is 19.2. The second-order valence-corrected chi connectivity index (χ2v) is 4.26. The fourth-order valence-electron chi connectivity index (χ4n) is 1.66. The molecule has 1 aliphatic rings. The number of imidazole rings is 1. The molecule has 1 fully saturated rings. The van der Waals surface area contributed by atoms with Gasteiger partial charge >= 0.3 is 0 Å². The van der Waals surface area contributed by atoms with Crippen molar-refractivity contribution in [1.29, 1.82) is 0 Å². The zero-order chi connectivity index (χ0) is 9.10. The van der Waals surface area contributed by atoms with E-state index in [-0.39, 0.29) is 0 Å². The van der Waals surface area contributed by atoms with Gasteiger partial charge in [0.15, 0.2) is 0 Å². The van der Waals surface area contributed by atoms with E-state index >= 15 is 0 Å². The summed E-state index contributed by atoms with van der Waals surface area (Å²) in [6, 6.07) is 0. The van der Waals surface area contributed by atoms with Gasteiger partial charge in [0, 0.05) is 26.0 Å². The number of rotatable bonds is 2. The van der Waals surface area contributed by atoms with E-state index in [4.69, 9.17) is 4.74 Å². The van der Waals surface area contributed by atoms with Crippen LogP contribution >= 0.6 is 15.9 Å². The van der Waals surface area contributed by atoms with Gasteiger partial charge in [0.1, 0.15) is 4.60 Å². The maximum atomic E-state index is 5.31. The van der Waals surface area contributed by atoms with Crippen LogP contribution in [0.4, 0.5) is 0 Å². The Hall–Kier alpha value is -0.350. The lowest BCUT2D eigenvalue weighted by atomic mass is 10.0. The Morgan fingerprint density at radius 2 is 2.31 bits per heavy atom. The Morgan fingerprint density at radius 1 is 1.54 bits per heavy atom. The molecule has 13 heavy (non-hydrogen) atoms. The molecule has 0 aliphatic carbocycles. The van der Waals surface area contributed by atoms with Crippen LogP contribution in [0.2, 0.25) is 0 Å². The molecular formula is C9H13BrN2O. The maximum absolute atomic E-state index is 5.31. The van der Waals surface area contributed by atoms with Gasteiger partial charge in [-0.1, -0.05) is 0 Å². The molecule has 1 saturated heterocycles. The van der Waals surface area contributed by atoms with Gasteiger partial charge < -0.3 is 9.30 Å². The van der Waals surface area contributed by atoms with Crippen LogP contribution < -0.4 is 0 Å². The molecule has 0 spiro atoms. The van der Waals surface area contributed by atoms with Gasteiger partial charge in [-0.15, -0.1) is 0 Å². The minimum absolute atomic E-state index is 0.759. The Bertz CT molecular complexity index is 268. The summed E-state index contributed by atoms with van der Waals surface area (Å²) >= 11 is 3.34. The van der Waals surface area contributed by atoms with Crippen molar-refractivity contribution >= 4 is 15.9 Å². The van der Waals surface area contributed by atoms with Gasteiger partial charge in [-0.25, -0.2) is 4.98 Å². The SMILES string of the molecule is Brc1cn(CC2CCOCC2)cn1. The molecule has 3 nitrogen and oxygen atoms in total. The molecule has 0 atom stereocenters. The molecular weight excluding hydrogens is 232 g/mol. The van der Waals surface area contributed by atoms with Crippen molar-refractivity contribution in [3.05, 3.63) is 17.1 Å². The first-order valence-electron chi connectivity index (χ1n) is 4.59. The van der Waals surface area contributed by atoms with Crippen molar-refractivity contribution in [3.63, 3.8) is 0 Å². The van der Waals surface area contributed by atoms with Crippen molar-refractivity contribution in [3.8, 4) is 0 Å². The van der Waals surface area contributed by atoms with Gasteiger partial charge in [-0.2, -0.15) is 0 Å². The third kappa shape index (κ3) is 2.54. The van der Waals surface area contributed by atoms with Crippen LogP contribution in [0.3, 0.4) is 0 Å². The molecule has 0 radical (unpaired) electrons. The van der Waals surface area contributed by atoms with Gasteiger partial charge in [-0.3, -0.25) is 0 Å². The zero-order valence-corrected chi connectivity index (χ0v) is 9.03. The number of hydrogen-bond donors (Lipinski definition) is 0. The number of hydrogen-bond acceptors (Lipinski definition) is 2. The third-order valence-electron chi connectivity index (χ3n) is 2.41. The van der Waals surface area contributed by atoms with Crippen LogP contribution in [0.15, 0.2) is 17.1 Å². The first-order chi connectivity index (χ1) is 6.34. The molecule has 0 aromatic carbocycles. The molecule has 4 heteroatoms. The fourth-order valence-corrected chi connectivity index (χ4v) is 2.01. The summed E-state index contributed by atoms with van der Waals surface area (Å²) in [6.07, 6.45) is 6.25. The topological polar surface area (TPSA) is 27.1 Å². The summed E-state index contributed by atoms with van der Waals surface area (Å²) in [7, 11) is 0. The highest BCUT2D eigenvalue weighted by molar-refractivity contribution is 9.10. The minimum Gasteiger partial charge on any atom is -0.381 e. The second kappa shape index (κ2) is 4.24. The fraction of sp³-hybridized carbons (Fsp3) is 0.667. The van der Waals surface area contributed by atoms with Gasteiger partial charge in [-0.05, 0) is 34.7 Å². The average molecular weight is 245 g/mol. The van der Waals surface area contributed by atoms with Crippen LogP contribution in [0.5, 0.6) is 0 Å². The summed E-state index contributed by atoms with van der Waals surface area (Å²) < 4.78 is 8.36. The summed E-state index contributed by atoms with van der Waals surface area (Å²) in [5.74, 6) is 0.759. The molecule has 0 bridgehead atoms. The quantitative estimate of drug-likeness (QED) is 0.797. The smallest absolute Gasteiger partial charge is 0.124 e. The van der Waals surface area contributed by atoms with Crippen molar-refractivity contribution in [2.75, 3.05) is 13.2 Å². The highest BCUT2D eigenvalue weighted by atomic mass is 79.9. The first kappa shape index (κ1) is 9.21. The van der Waals surface area contributed by atoms with Crippen molar-refractivity contribution in [2.45, 2.75) is 19.4 Å². The lowest BCUT2D eigenvalue weighted by Crippen LogP contribution is -2.19. The maximum Gasteiger partial charge on any atom is 0.124 e. The van der Waals surface area contributed by atoms with E-state index in [1.54, 1.807) is 0 Å². The summed E-state index contributed by atoms with van der Waals surface area (Å²) in [6.45, 7) is 2.91. The monoisotopic (exact) mass is 244 g/mol. The van der Waals surface area contributed by atoms with Crippen molar-refractivity contribution < 1.29 is 4.74 Å². The summed E-state index contributed by atoms with van der Waals surface area (Å²) in [4.78, 5) is 4.13. The molecule has 72 valence electrons. The first-order valence-corrected chi connectivity index (χ1v) is 5.39. The van der Waals surface area contributed by atoms with Crippen LogP contribution in [0, 0.1) is 5.92 Å². The second-order valence-electron chi connectivity index (χ2n) is 3.45. The number of nitrogens with zero attached hydrogens (tertiary/aromatic N) is 2. The standard InChI is InChI=1S/C9H13BrN2O/c10-9-6-12(7-11-9)5-8-1-3-13-4-2-8/h6-8H,1-5H2. The van der Waals surface area contributed by atoms with E-state index in [1.807, 2.05) is 12.5 Å². The molecule has 1 aromatic rings. The molecule has 0 unspecified atom stereocenters. The number of halogens is 1. The van der Waals surface area contributed by atoms with Crippen LogP contribution in [-0.2, 0) is 11.3 Å².